The molecule has 1 aromatic carbocycles. The van der Waals surface area contributed by atoms with E-state index in [9.17, 15) is 14.3 Å². The molecule has 0 aliphatic heterocycles. The van der Waals surface area contributed by atoms with Crippen molar-refractivity contribution in [2.45, 2.75) is 19.4 Å². The Morgan fingerprint density at radius 3 is 2.57 bits per heavy atom. The molecule has 2 rings (SSSR count). The zero-order chi connectivity index (χ0) is 15.6. The Balaban J connectivity index is 2.16. The van der Waals surface area contributed by atoms with Crippen LogP contribution in [0.15, 0.2) is 29.6 Å². The van der Waals surface area contributed by atoms with Gasteiger partial charge in [-0.1, -0.05) is 0 Å². The van der Waals surface area contributed by atoms with Crippen LogP contribution in [0.4, 0.5) is 4.39 Å². The fourth-order valence-corrected chi connectivity index (χ4v) is 2.74. The van der Waals surface area contributed by atoms with Crippen molar-refractivity contribution in [1.29, 1.82) is 0 Å². The molecule has 0 saturated heterocycles. The fraction of sp³-hybridized carbons (Fsp3) is 0.333. The molecule has 0 radical (unpaired) electrons. The summed E-state index contributed by atoms with van der Waals surface area (Å²) in [5, 5.41) is 12.1. The molecule has 1 heterocycles. The second kappa shape index (κ2) is 5.91. The van der Waals surface area contributed by atoms with Crippen molar-refractivity contribution >= 4 is 17.2 Å². The first-order valence-corrected chi connectivity index (χ1v) is 7.33. The van der Waals surface area contributed by atoms with Crippen LogP contribution in [0.1, 0.15) is 24.3 Å². The second-order valence-electron chi connectivity index (χ2n) is 5.52. The quantitative estimate of drug-likeness (QED) is 0.945. The molecule has 2 aromatic rings. The lowest BCUT2D eigenvalue weighted by molar-refractivity contribution is 0.0365. The molecule has 0 atom stereocenters. The molecule has 4 nitrogen and oxygen atoms in total. The third-order valence-corrected chi connectivity index (χ3v) is 3.68. The van der Waals surface area contributed by atoms with Gasteiger partial charge in [-0.05, 0) is 38.1 Å². The van der Waals surface area contributed by atoms with E-state index in [0.29, 0.717) is 10.7 Å². The molecule has 0 spiro atoms. The van der Waals surface area contributed by atoms with E-state index in [4.69, 9.17) is 0 Å². The molecule has 0 fully saturated rings. The van der Waals surface area contributed by atoms with Gasteiger partial charge in [0.1, 0.15) is 16.5 Å². The summed E-state index contributed by atoms with van der Waals surface area (Å²) < 4.78 is 12.9. The van der Waals surface area contributed by atoms with E-state index in [2.05, 4.69) is 4.98 Å². The predicted molar refractivity (Wildman–Crippen MR) is 80.8 cm³/mol. The highest BCUT2D eigenvalue weighted by atomic mass is 32.1. The smallest absolute Gasteiger partial charge is 0.273 e. The standard InChI is InChI=1S/C15H17FN2O2S/c1-15(2,20)9-18(3)14(19)12-8-21-13(17-12)10-4-6-11(16)7-5-10/h4-8,20H,9H2,1-3H3. The van der Waals surface area contributed by atoms with Crippen molar-refractivity contribution in [2.24, 2.45) is 0 Å². The van der Waals surface area contributed by atoms with Gasteiger partial charge < -0.3 is 10.0 Å². The Hall–Kier alpha value is -1.79. The van der Waals surface area contributed by atoms with Gasteiger partial charge in [0, 0.05) is 24.5 Å². The van der Waals surface area contributed by atoms with Gasteiger partial charge in [-0.15, -0.1) is 11.3 Å². The number of rotatable bonds is 4. The van der Waals surface area contributed by atoms with Crippen molar-refractivity contribution in [2.75, 3.05) is 13.6 Å². The lowest BCUT2D eigenvalue weighted by Crippen LogP contribution is -2.39. The van der Waals surface area contributed by atoms with Crippen LogP contribution in [0.25, 0.3) is 10.6 Å². The average Bonchev–Trinajstić information content (AvgIpc) is 2.86. The summed E-state index contributed by atoms with van der Waals surface area (Å²) in [6.07, 6.45) is 0. The second-order valence-corrected chi connectivity index (χ2v) is 6.38. The van der Waals surface area contributed by atoms with Crippen molar-refractivity contribution in [1.82, 2.24) is 9.88 Å². The number of nitrogens with zero attached hydrogens (tertiary/aromatic N) is 2. The molecule has 1 N–H and O–H groups in total. The van der Waals surface area contributed by atoms with Gasteiger partial charge in [0.2, 0.25) is 0 Å². The van der Waals surface area contributed by atoms with E-state index >= 15 is 0 Å². The number of hydrogen-bond donors (Lipinski definition) is 1. The Labute approximate surface area is 126 Å². The summed E-state index contributed by atoms with van der Waals surface area (Å²) in [6.45, 7) is 3.50. The molecule has 112 valence electrons. The topological polar surface area (TPSA) is 53.4 Å². The zero-order valence-electron chi connectivity index (χ0n) is 12.1. The number of thiazole rings is 1. The number of amides is 1. The highest BCUT2D eigenvalue weighted by Gasteiger charge is 2.22. The number of aromatic nitrogens is 1. The van der Waals surface area contributed by atoms with Gasteiger partial charge in [-0.25, -0.2) is 9.37 Å². The van der Waals surface area contributed by atoms with Crippen LogP contribution in [0.2, 0.25) is 0 Å². The maximum atomic E-state index is 12.9. The third-order valence-electron chi connectivity index (χ3n) is 2.79. The summed E-state index contributed by atoms with van der Waals surface area (Å²) >= 11 is 1.33. The van der Waals surface area contributed by atoms with Crippen molar-refractivity contribution in [3.8, 4) is 10.6 Å². The minimum Gasteiger partial charge on any atom is -0.389 e. The Morgan fingerprint density at radius 2 is 2.00 bits per heavy atom. The summed E-state index contributed by atoms with van der Waals surface area (Å²) in [4.78, 5) is 17.9. The Bertz CT molecular complexity index is 632. The van der Waals surface area contributed by atoms with Crippen LogP contribution in [0.5, 0.6) is 0 Å². The van der Waals surface area contributed by atoms with Gasteiger partial charge in [0.05, 0.1) is 5.60 Å². The number of carbonyl (C=O) groups is 1. The van der Waals surface area contributed by atoms with Gasteiger partial charge in [0.15, 0.2) is 0 Å². The van der Waals surface area contributed by atoms with Gasteiger partial charge >= 0.3 is 0 Å². The maximum Gasteiger partial charge on any atom is 0.273 e. The number of halogens is 1. The number of carbonyl (C=O) groups excluding carboxylic acids is 1. The normalized spacial score (nSPS) is 11.5. The van der Waals surface area contributed by atoms with Gasteiger partial charge in [0.25, 0.3) is 5.91 Å². The summed E-state index contributed by atoms with van der Waals surface area (Å²) in [5.74, 6) is -0.557. The highest BCUT2D eigenvalue weighted by molar-refractivity contribution is 7.13. The van der Waals surface area contributed by atoms with E-state index in [1.165, 1.54) is 28.4 Å². The van der Waals surface area contributed by atoms with Crippen LogP contribution in [0.3, 0.4) is 0 Å². The summed E-state index contributed by atoms with van der Waals surface area (Å²) in [7, 11) is 1.62. The third kappa shape index (κ3) is 4.09. The molecule has 0 aliphatic rings. The Morgan fingerprint density at radius 1 is 1.38 bits per heavy atom. The first kappa shape index (κ1) is 15.6. The van der Waals surface area contributed by atoms with Crippen LogP contribution in [-0.2, 0) is 0 Å². The van der Waals surface area contributed by atoms with Crippen LogP contribution < -0.4 is 0 Å². The van der Waals surface area contributed by atoms with Crippen LogP contribution >= 0.6 is 11.3 Å². The molecular weight excluding hydrogens is 291 g/mol. The highest BCUT2D eigenvalue weighted by Crippen LogP contribution is 2.24. The first-order valence-electron chi connectivity index (χ1n) is 6.45. The molecule has 0 bridgehead atoms. The molecule has 1 amide bonds. The monoisotopic (exact) mass is 308 g/mol. The SMILES string of the molecule is CN(CC(C)(C)O)C(=O)c1csc(-c2ccc(F)cc2)n1. The van der Waals surface area contributed by atoms with Gasteiger partial charge in [-0.2, -0.15) is 0 Å². The largest absolute Gasteiger partial charge is 0.389 e. The Kier molecular flexibility index (Phi) is 4.39. The van der Waals surface area contributed by atoms with E-state index < -0.39 is 5.60 Å². The van der Waals surface area contributed by atoms with Crippen LogP contribution in [0, 0.1) is 5.82 Å². The average molecular weight is 308 g/mol. The molecule has 21 heavy (non-hydrogen) atoms. The predicted octanol–water partition coefficient (Wildman–Crippen LogP) is 2.79. The minimum absolute atomic E-state index is 0.218. The van der Waals surface area contributed by atoms with Crippen molar-refractivity contribution in [3.05, 3.63) is 41.2 Å². The maximum absolute atomic E-state index is 12.9. The zero-order valence-corrected chi connectivity index (χ0v) is 12.9. The molecule has 1 aromatic heterocycles. The van der Waals surface area contributed by atoms with E-state index in [1.54, 1.807) is 38.4 Å². The van der Waals surface area contributed by atoms with Crippen LogP contribution in [-0.4, -0.2) is 40.1 Å². The number of hydrogen-bond acceptors (Lipinski definition) is 4. The van der Waals surface area contributed by atoms with Crippen molar-refractivity contribution in [3.63, 3.8) is 0 Å². The molecule has 0 saturated carbocycles. The fourth-order valence-electron chi connectivity index (χ4n) is 1.94. The van der Waals surface area contributed by atoms with E-state index in [-0.39, 0.29) is 18.3 Å². The van der Waals surface area contributed by atoms with Crippen molar-refractivity contribution < 1.29 is 14.3 Å². The number of benzene rings is 1. The lowest BCUT2D eigenvalue weighted by atomic mass is 10.1. The number of aliphatic hydroxyl groups is 1. The molecular formula is C15H17FN2O2S. The molecule has 0 aliphatic carbocycles. The lowest BCUT2D eigenvalue weighted by Gasteiger charge is -2.24. The summed E-state index contributed by atoms with van der Waals surface area (Å²) in [5.41, 5.74) is 0.136. The molecule has 0 unspecified atom stereocenters. The number of likely N-dealkylation sites (N-methyl/N-ethyl adjacent to an activating group) is 1. The summed E-state index contributed by atoms with van der Waals surface area (Å²) in [6, 6.07) is 5.98. The molecule has 6 heteroatoms. The van der Waals surface area contributed by atoms with Gasteiger partial charge in [-0.3, -0.25) is 4.79 Å². The van der Waals surface area contributed by atoms with E-state index in [1.807, 2.05) is 0 Å². The first-order chi connectivity index (χ1) is 9.76. The minimum atomic E-state index is -0.958. The van der Waals surface area contributed by atoms with E-state index in [0.717, 1.165) is 5.56 Å².